The monoisotopic (exact) mass is 249 g/mol. The Morgan fingerprint density at radius 3 is 2.32 bits per heavy atom. The van der Waals surface area contributed by atoms with Crippen LogP contribution in [0.1, 0.15) is 0 Å². The Morgan fingerprint density at radius 1 is 0.737 bits per heavy atom. The number of rotatable bonds is 3. The summed E-state index contributed by atoms with van der Waals surface area (Å²) in [7, 11) is 0. The standard InChI is InChI=1S/C16H11NO2/c18-17-14-9-3-4-10-16(14)19-15-11-5-7-12-6-1-2-8-13(12)15/h1-11H. The second-order valence-electron chi connectivity index (χ2n) is 4.14. The quantitative estimate of drug-likeness (QED) is 0.610. The van der Waals surface area contributed by atoms with Crippen LogP contribution in [0.4, 0.5) is 5.69 Å². The van der Waals surface area contributed by atoms with Crippen LogP contribution in [0.15, 0.2) is 71.9 Å². The Bertz CT molecular complexity index is 732. The molecule has 0 N–H and O–H groups in total. The van der Waals surface area contributed by atoms with Crippen molar-refractivity contribution >= 4 is 16.5 Å². The zero-order valence-electron chi connectivity index (χ0n) is 10.1. The average molecular weight is 249 g/mol. The van der Waals surface area contributed by atoms with Gasteiger partial charge in [0.25, 0.3) is 0 Å². The molecule has 0 amide bonds. The molecule has 0 atom stereocenters. The summed E-state index contributed by atoms with van der Waals surface area (Å²) in [5.41, 5.74) is 0.301. The SMILES string of the molecule is O=Nc1ccccc1Oc1cccc2ccccc12. The second-order valence-corrected chi connectivity index (χ2v) is 4.14. The zero-order valence-corrected chi connectivity index (χ0v) is 10.1. The molecule has 3 nitrogen and oxygen atoms in total. The average Bonchev–Trinajstić information content (AvgIpc) is 2.48. The summed E-state index contributed by atoms with van der Waals surface area (Å²) in [5.74, 6) is 1.18. The van der Waals surface area contributed by atoms with E-state index < -0.39 is 0 Å². The van der Waals surface area contributed by atoms with Gasteiger partial charge in [-0.1, -0.05) is 48.5 Å². The third kappa shape index (κ3) is 2.18. The number of para-hydroxylation sites is 1. The van der Waals surface area contributed by atoms with Gasteiger partial charge < -0.3 is 4.74 Å². The molecule has 19 heavy (non-hydrogen) atoms. The van der Waals surface area contributed by atoms with Crippen LogP contribution in [0.25, 0.3) is 10.8 Å². The van der Waals surface area contributed by atoms with E-state index in [4.69, 9.17) is 4.74 Å². The molecule has 0 aliphatic heterocycles. The number of benzene rings is 3. The maximum absolute atomic E-state index is 10.8. The van der Waals surface area contributed by atoms with E-state index in [2.05, 4.69) is 5.18 Å². The highest BCUT2D eigenvalue weighted by Crippen LogP contribution is 2.34. The van der Waals surface area contributed by atoms with E-state index in [1.165, 1.54) is 0 Å². The molecular weight excluding hydrogens is 238 g/mol. The fourth-order valence-electron chi connectivity index (χ4n) is 2.02. The molecule has 0 aromatic heterocycles. The lowest BCUT2D eigenvalue weighted by Gasteiger charge is -2.09. The topological polar surface area (TPSA) is 38.7 Å². The molecular formula is C16H11NO2. The highest BCUT2D eigenvalue weighted by Gasteiger charge is 2.07. The Hall–Kier alpha value is -2.68. The van der Waals surface area contributed by atoms with Crippen molar-refractivity contribution in [1.29, 1.82) is 0 Å². The molecule has 3 rings (SSSR count). The Labute approximate surface area is 110 Å². The molecule has 0 aliphatic carbocycles. The van der Waals surface area contributed by atoms with Gasteiger partial charge in [-0.05, 0) is 28.8 Å². The summed E-state index contributed by atoms with van der Waals surface area (Å²) >= 11 is 0. The van der Waals surface area contributed by atoms with E-state index in [0.717, 1.165) is 10.8 Å². The highest BCUT2D eigenvalue weighted by molar-refractivity contribution is 5.88. The van der Waals surface area contributed by atoms with Crippen LogP contribution in [0, 0.1) is 4.91 Å². The normalized spacial score (nSPS) is 10.3. The van der Waals surface area contributed by atoms with Gasteiger partial charge in [0.05, 0.1) is 0 Å². The first-order valence-electron chi connectivity index (χ1n) is 5.96. The first-order chi connectivity index (χ1) is 9.38. The molecule has 92 valence electrons. The van der Waals surface area contributed by atoms with Crippen molar-refractivity contribution in [2.24, 2.45) is 5.18 Å². The lowest BCUT2D eigenvalue weighted by molar-refractivity contribution is 0.489. The van der Waals surface area contributed by atoms with Crippen molar-refractivity contribution in [3.8, 4) is 11.5 Å². The number of ether oxygens (including phenoxy) is 1. The zero-order chi connectivity index (χ0) is 13.1. The molecule has 0 spiro atoms. The van der Waals surface area contributed by atoms with Gasteiger partial charge in [0.2, 0.25) is 0 Å². The molecule has 0 radical (unpaired) electrons. The van der Waals surface area contributed by atoms with E-state index in [1.807, 2.05) is 48.5 Å². The van der Waals surface area contributed by atoms with Gasteiger partial charge >= 0.3 is 0 Å². The minimum absolute atomic E-state index is 0.301. The summed E-state index contributed by atoms with van der Waals surface area (Å²) in [5, 5.41) is 5.07. The smallest absolute Gasteiger partial charge is 0.156 e. The van der Waals surface area contributed by atoms with Gasteiger partial charge in [0, 0.05) is 5.39 Å². The third-order valence-corrected chi connectivity index (χ3v) is 2.93. The first-order valence-corrected chi connectivity index (χ1v) is 5.96. The minimum Gasteiger partial charge on any atom is -0.454 e. The Morgan fingerprint density at radius 2 is 1.42 bits per heavy atom. The van der Waals surface area contributed by atoms with E-state index in [9.17, 15) is 4.91 Å². The van der Waals surface area contributed by atoms with Crippen molar-refractivity contribution < 1.29 is 4.74 Å². The summed E-state index contributed by atoms with van der Waals surface area (Å²) in [6.45, 7) is 0. The fourth-order valence-corrected chi connectivity index (χ4v) is 2.02. The molecule has 0 saturated carbocycles. The first kappa shape index (κ1) is 11.4. The molecule has 0 unspecified atom stereocenters. The maximum Gasteiger partial charge on any atom is 0.156 e. The molecule has 3 aromatic carbocycles. The van der Waals surface area contributed by atoms with Gasteiger partial charge in [-0.25, -0.2) is 0 Å². The van der Waals surface area contributed by atoms with Crippen LogP contribution in [-0.4, -0.2) is 0 Å². The van der Waals surface area contributed by atoms with Gasteiger partial charge in [-0.3, -0.25) is 0 Å². The van der Waals surface area contributed by atoms with Crippen molar-refractivity contribution in [2.75, 3.05) is 0 Å². The van der Waals surface area contributed by atoms with E-state index in [-0.39, 0.29) is 0 Å². The van der Waals surface area contributed by atoms with E-state index >= 15 is 0 Å². The van der Waals surface area contributed by atoms with Crippen LogP contribution >= 0.6 is 0 Å². The number of fused-ring (bicyclic) bond motifs is 1. The Balaban J connectivity index is 2.08. The van der Waals surface area contributed by atoms with Gasteiger partial charge in [0.1, 0.15) is 5.75 Å². The van der Waals surface area contributed by atoms with Gasteiger partial charge in [-0.2, -0.15) is 0 Å². The third-order valence-electron chi connectivity index (χ3n) is 2.93. The molecule has 0 heterocycles. The van der Waals surface area contributed by atoms with E-state index in [0.29, 0.717) is 17.2 Å². The maximum atomic E-state index is 10.8. The summed E-state index contributed by atoms with van der Waals surface area (Å²) in [6.07, 6.45) is 0. The number of hydrogen-bond acceptors (Lipinski definition) is 3. The molecule has 3 heteroatoms. The molecule has 0 saturated heterocycles. The minimum atomic E-state index is 0.301. The molecule has 3 aromatic rings. The van der Waals surface area contributed by atoms with Crippen molar-refractivity contribution in [1.82, 2.24) is 0 Å². The van der Waals surface area contributed by atoms with Crippen LogP contribution in [-0.2, 0) is 0 Å². The van der Waals surface area contributed by atoms with Crippen molar-refractivity contribution in [3.63, 3.8) is 0 Å². The van der Waals surface area contributed by atoms with Crippen LogP contribution < -0.4 is 4.74 Å². The van der Waals surface area contributed by atoms with Crippen LogP contribution in [0.3, 0.4) is 0 Å². The molecule has 0 fully saturated rings. The van der Waals surface area contributed by atoms with Gasteiger partial charge in [0.15, 0.2) is 11.4 Å². The molecule has 0 bridgehead atoms. The highest BCUT2D eigenvalue weighted by atomic mass is 16.5. The predicted octanol–water partition coefficient (Wildman–Crippen LogP) is 5.03. The lowest BCUT2D eigenvalue weighted by atomic mass is 10.1. The summed E-state index contributed by atoms with van der Waals surface area (Å²) in [6, 6.07) is 20.7. The number of nitroso groups, excluding NO2 is 1. The van der Waals surface area contributed by atoms with E-state index in [1.54, 1.807) is 18.2 Å². The molecule has 0 aliphatic rings. The van der Waals surface area contributed by atoms with Crippen LogP contribution in [0.5, 0.6) is 11.5 Å². The number of hydrogen-bond donors (Lipinski definition) is 0. The van der Waals surface area contributed by atoms with Crippen molar-refractivity contribution in [3.05, 3.63) is 71.6 Å². The summed E-state index contributed by atoms with van der Waals surface area (Å²) < 4.78 is 5.82. The fraction of sp³-hybridized carbons (Fsp3) is 0. The Kier molecular flexibility index (Phi) is 2.94. The summed E-state index contributed by atoms with van der Waals surface area (Å²) in [4.78, 5) is 10.8. The predicted molar refractivity (Wildman–Crippen MR) is 75.9 cm³/mol. The largest absolute Gasteiger partial charge is 0.454 e. The lowest BCUT2D eigenvalue weighted by Crippen LogP contribution is -1.86. The van der Waals surface area contributed by atoms with Gasteiger partial charge in [-0.15, -0.1) is 4.91 Å². The second kappa shape index (κ2) is 4.90. The number of nitrogens with zero attached hydrogens (tertiary/aromatic N) is 1. The van der Waals surface area contributed by atoms with Crippen LogP contribution in [0.2, 0.25) is 0 Å². The van der Waals surface area contributed by atoms with Crippen molar-refractivity contribution in [2.45, 2.75) is 0 Å².